The molecule has 2 fully saturated rings. The second kappa shape index (κ2) is 7.09. The second-order valence-electron chi connectivity index (χ2n) is 5.32. The van der Waals surface area contributed by atoms with Crippen LogP contribution in [0.2, 0.25) is 0 Å². The molecular formula is C15H28. The van der Waals surface area contributed by atoms with Crippen molar-refractivity contribution in [1.82, 2.24) is 0 Å². The van der Waals surface area contributed by atoms with Crippen molar-refractivity contribution >= 4 is 0 Å². The third-order valence-corrected chi connectivity index (χ3v) is 4.12. The molecule has 0 heterocycles. The minimum absolute atomic E-state index is 0.858. The summed E-state index contributed by atoms with van der Waals surface area (Å²) in [7, 11) is 0. The van der Waals surface area contributed by atoms with Crippen LogP contribution in [-0.2, 0) is 0 Å². The zero-order valence-corrected chi connectivity index (χ0v) is 10.6. The minimum atomic E-state index is 0.858. The van der Waals surface area contributed by atoms with Crippen LogP contribution in [0.4, 0.5) is 0 Å². The lowest BCUT2D eigenvalue weighted by molar-refractivity contribution is 0.124. The Morgan fingerprint density at radius 2 is 1.20 bits per heavy atom. The monoisotopic (exact) mass is 208 g/mol. The molecule has 2 aliphatic rings. The lowest BCUT2D eigenvalue weighted by Gasteiger charge is -2.40. The smallest absolute Gasteiger partial charge is 0.0297 e. The SMILES string of the molecule is C1CCC2(CC1)CCCCC2.C=CCC. The summed E-state index contributed by atoms with van der Waals surface area (Å²) in [6.07, 6.45) is 18.4. The largest absolute Gasteiger partial charge is 0.103 e. The molecule has 0 heteroatoms. The summed E-state index contributed by atoms with van der Waals surface area (Å²) < 4.78 is 0. The Balaban J connectivity index is 0.000000245. The van der Waals surface area contributed by atoms with Crippen LogP contribution in [0.15, 0.2) is 12.7 Å². The third kappa shape index (κ3) is 4.40. The molecule has 0 N–H and O–H groups in total. The van der Waals surface area contributed by atoms with Crippen molar-refractivity contribution in [2.45, 2.75) is 77.6 Å². The lowest BCUT2D eigenvalue weighted by Crippen LogP contribution is -2.26. The van der Waals surface area contributed by atoms with E-state index in [2.05, 4.69) is 13.5 Å². The minimum Gasteiger partial charge on any atom is -0.103 e. The highest BCUT2D eigenvalue weighted by Crippen LogP contribution is 2.47. The van der Waals surface area contributed by atoms with E-state index in [0.29, 0.717) is 0 Å². The van der Waals surface area contributed by atoms with Crippen LogP contribution in [0.25, 0.3) is 0 Å². The summed E-state index contributed by atoms with van der Waals surface area (Å²) in [6.45, 7) is 5.54. The van der Waals surface area contributed by atoms with Gasteiger partial charge in [-0.1, -0.05) is 51.5 Å². The average Bonchev–Trinajstić information content (AvgIpc) is 2.31. The number of allylic oxidation sites excluding steroid dienone is 1. The Kier molecular flexibility index (Phi) is 6.05. The van der Waals surface area contributed by atoms with E-state index in [1.54, 1.807) is 25.7 Å². The number of rotatable bonds is 1. The van der Waals surface area contributed by atoms with E-state index in [1.807, 2.05) is 6.08 Å². The summed E-state index contributed by atoms with van der Waals surface area (Å²) in [5, 5.41) is 0. The van der Waals surface area contributed by atoms with Gasteiger partial charge in [0.05, 0.1) is 0 Å². The average molecular weight is 208 g/mol. The van der Waals surface area contributed by atoms with Crippen molar-refractivity contribution < 1.29 is 0 Å². The molecule has 0 saturated heterocycles. The summed E-state index contributed by atoms with van der Waals surface area (Å²) in [5.74, 6) is 0. The van der Waals surface area contributed by atoms with Gasteiger partial charge in [0.1, 0.15) is 0 Å². The van der Waals surface area contributed by atoms with Crippen molar-refractivity contribution in [3.8, 4) is 0 Å². The molecule has 0 radical (unpaired) electrons. The van der Waals surface area contributed by atoms with Gasteiger partial charge < -0.3 is 0 Å². The molecule has 0 amide bonds. The molecule has 0 nitrogen and oxygen atoms in total. The van der Waals surface area contributed by atoms with Crippen molar-refractivity contribution in [3.05, 3.63) is 12.7 Å². The van der Waals surface area contributed by atoms with E-state index < -0.39 is 0 Å². The van der Waals surface area contributed by atoms with Crippen molar-refractivity contribution in [1.29, 1.82) is 0 Å². The molecule has 15 heavy (non-hydrogen) atoms. The number of hydrogen-bond acceptors (Lipinski definition) is 0. The first-order chi connectivity index (χ1) is 7.33. The normalized spacial score (nSPS) is 24.1. The molecule has 0 bridgehead atoms. The summed E-state index contributed by atoms with van der Waals surface area (Å²) in [6, 6.07) is 0. The molecular weight excluding hydrogens is 180 g/mol. The quantitative estimate of drug-likeness (QED) is 0.500. The van der Waals surface area contributed by atoms with Gasteiger partial charge >= 0.3 is 0 Å². The lowest BCUT2D eigenvalue weighted by atomic mass is 9.65. The van der Waals surface area contributed by atoms with Crippen molar-refractivity contribution in [2.75, 3.05) is 0 Å². The van der Waals surface area contributed by atoms with Gasteiger partial charge in [0.2, 0.25) is 0 Å². The van der Waals surface area contributed by atoms with Crippen LogP contribution in [-0.4, -0.2) is 0 Å². The Morgan fingerprint density at radius 3 is 1.47 bits per heavy atom. The maximum atomic E-state index is 3.48. The fourth-order valence-electron chi connectivity index (χ4n) is 3.10. The zero-order chi connectivity index (χ0) is 11.0. The van der Waals surface area contributed by atoms with Crippen LogP contribution in [0.3, 0.4) is 0 Å². The zero-order valence-electron chi connectivity index (χ0n) is 10.6. The van der Waals surface area contributed by atoms with Gasteiger partial charge in [-0.2, -0.15) is 0 Å². The van der Waals surface area contributed by atoms with Gasteiger partial charge in [0, 0.05) is 0 Å². The topological polar surface area (TPSA) is 0 Å². The first-order valence-electron chi connectivity index (χ1n) is 6.94. The van der Waals surface area contributed by atoms with Crippen LogP contribution in [0.5, 0.6) is 0 Å². The first-order valence-corrected chi connectivity index (χ1v) is 6.94. The molecule has 0 aromatic heterocycles. The maximum absolute atomic E-state index is 3.48. The predicted octanol–water partition coefficient (Wildman–Crippen LogP) is 5.48. The van der Waals surface area contributed by atoms with E-state index in [0.717, 1.165) is 11.8 Å². The van der Waals surface area contributed by atoms with E-state index in [9.17, 15) is 0 Å². The van der Waals surface area contributed by atoms with Gasteiger partial charge in [-0.05, 0) is 37.5 Å². The Bertz CT molecular complexity index is 137. The van der Waals surface area contributed by atoms with Gasteiger partial charge in [0.15, 0.2) is 0 Å². The van der Waals surface area contributed by atoms with Crippen molar-refractivity contribution in [3.63, 3.8) is 0 Å². The van der Waals surface area contributed by atoms with E-state index >= 15 is 0 Å². The molecule has 0 aromatic carbocycles. The number of hydrogen-bond donors (Lipinski definition) is 0. The summed E-state index contributed by atoms with van der Waals surface area (Å²) in [4.78, 5) is 0. The molecule has 0 aromatic rings. The van der Waals surface area contributed by atoms with Crippen LogP contribution >= 0.6 is 0 Å². The van der Waals surface area contributed by atoms with Gasteiger partial charge in [0.25, 0.3) is 0 Å². The standard InChI is InChI=1S/C11H20.C4H8/c1-3-7-11(8-4-1)9-5-2-6-10-11;1-3-4-2/h1-10H2;3H,1,4H2,2H3. The van der Waals surface area contributed by atoms with E-state index in [-0.39, 0.29) is 0 Å². The first kappa shape index (κ1) is 12.8. The molecule has 2 saturated carbocycles. The fraction of sp³-hybridized carbons (Fsp3) is 0.867. The van der Waals surface area contributed by atoms with Crippen LogP contribution in [0, 0.1) is 5.41 Å². The highest BCUT2D eigenvalue weighted by Gasteiger charge is 2.32. The molecule has 1 spiro atoms. The van der Waals surface area contributed by atoms with Gasteiger partial charge in [-0.3, -0.25) is 0 Å². The molecule has 0 atom stereocenters. The Hall–Kier alpha value is -0.260. The second-order valence-corrected chi connectivity index (χ2v) is 5.32. The van der Waals surface area contributed by atoms with Gasteiger partial charge in [-0.15, -0.1) is 6.58 Å². The Labute approximate surface area is 96.2 Å². The van der Waals surface area contributed by atoms with Crippen LogP contribution in [0.1, 0.15) is 77.6 Å². The van der Waals surface area contributed by atoms with Crippen molar-refractivity contribution in [2.24, 2.45) is 5.41 Å². The van der Waals surface area contributed by atoms with Gasteiger partial charge in [-0.25, -0.2) is 0 Å². The molecule has 0 unspecified atom stereocenters. The Morgan fingerprint density at radius 1 is 0.867 bits per heavy atom. The van der Waals surface area contributed by atoms with Crippen LogP contribution < -0.4 is 0 Å². The molecule has 2 aliphatic carbocycles. The van der Waals surface area contributed by atoms with E-state index in [1.165, 1.54) is 38.5 Å². The summed E-state index contributed by atoms with van der Waals surface area (Å²) in [5.41, 5.74) is 0.858. The maximum Gasteiger partial charge on any atom is -0.0297 e. The highest BCUT2D eigenvalue weighted by molar-refractivity contribution is 4.85. The highest BCUT2D eigenvalue weighted by atomic mass is 14.4. The molecule has 0 aliphatic heterocycles. The fourth-order valence-corrected chi connectivity index (χ4v) is 3.10. The third-order valence-electron chi connectivity index (χ3n) is 4.12. The van der Waals surface area contributed by atoms with E-state index in [4.69, 9.17) is 0 Å². The molecule has 2 rings (SSSR count). The molecule has 88 valence electrons. The predicted molar refractivity (Wildman–Crippen MR) is 69.1 cm³/mol. The summed E-state index contributed by atoms with van der Waals surface area (Å²) >= 11 is 0.